The summed E-state index contributed by atoms with van der Waals surface area (Å²) in [6, 6.07) is 0. The molecule has 0 heteroatoms. The quantitative estimate of drug-likeness (QED) is 0.659. The fraction of sp³-hybridized carbons (Fsp3) is 1.00. The van der Waals surface area contributed by atoms with E-state index >= 15 is 0 Å². The van der Waals surface area contributed by atoms with Gasteiger partial charge >= 0.3 is 0 Å². The average molecular weight is 220 g/mol. The first-order chi connectivity index (χ1) is 7.52. The first-order valence-electron chi connectivity index (χ1n) is 7.52. The fourth-order valence-electron chi connectivity index (χ4n) is 5.06. The number of hydrogen-bond acceptors (Lipinski definition) is 0. The van der Waals surface area contributed by atoms with E-state index in [2.05, 4.69) is 34.6 Å². The van der Waals surface area contributed by atoms with Gasteiger partial charge < -0.3 is 0 Å². The summed E-state index contributed by atoms with van der Waals surface area (Å²) in [4.78, 5) is 0. The minimum atomic E-state index is 0.977. The Bertz CT molecular complexity index is 257. The number of hydrogen-bond donors (Lipinski definition) is 0. The fourth-order valence-corrected chi connectivity index (χ4v) is 5.06. The van der Waals surface area contributed by atoms with Gasteiger partial charge in [0, 0.05) is 0 Å². The van der Waals surface area contributed by atoms with Gasteiger partial charge in [-0.1, -0.05) is 34.6 Å². The van der Waals surface area contributed by atoms with Crippen molar-refractivity contribution in [2.75, 3.05) is 0 Å². The predicted octanol–water partition coefficient (Wildman–Crippen LogP) is 4.45. The van der Waals surface area contributed by atoms with Crippen LogP contribution < -0.4 is 0 Å². The Balaban J connectivity index is 1.57. The second kappa shape index (κ2) is 3.50. The summed E-state index contributed by atoms with van der Waals surface area (Å²) in [6.07, 6.45) is 3.07. The van der Waals surface area contributed by atoms with Crippen molar-refractivity contribution >= 4 is 0 Å². The van der Waals surface area contributed by atoms with E-state index in [1.165, 1.54) is 6.42 Å². The lowest BCUT2D eigenvalue weighted by atomic mass is 9.57. The van der Waals surface area contributed by atoms with Crippen molar-refractivity contribution in [3.05, 3.63) is 0 Å². The molecular formula is C16H28. The van der Waals surface area contributed by atoms with Crippen molar-refractivity contribution in [2.45, 2.75) is 47.5 Å². The third-order valence-electron chi connectivity index (χ3n) is 7.07. The van der Waals surface area contributed by atoms with Crippen LogP contribution in [0.2, 0.25) is 0 Å². The van der Waals surface area contributed by atoms with Crippen LogP contribution in [0, 0.1) is 53.3 Å². The second-order valence-corrected chi connectivity index (χ2v) is 7.45. The Kier molecular flexibility index (Phi) is 2.43. The maximum Gasteiger partial charge on any atom is -0.0323 e. The molecule has 9 atom stereocenters. The summed E-state index contributed by atoms with van der Waals surface area (Å²) in [7, 11) is 0. The largest absolute Gasteiger partial charge is 0.0622 e. The van der Waals surface area contributed by atoms with E-state index in [9.17, 15) is 0 Å². The molecule has 3 aliphatic carbocycles. The highest BCUT2D eigenvalue weighted by molar-refractivity contribution is 5.10. The van der Waals surface area contributed by atoms with Gasteiger partial charge in [-0.25, -0.2) is 0 Å². The first kappa shape index (κ1) is 11.1. The summed E-state index contributed by atoms with van der Waals surface area (Å²) in [6.45, 7) is 12.5. The molecule has 0 radical (unpaired) electrons. The van der Waals surface area contributed by atoms with E-state index in [1.54, 1.807) is 6.42 Å². The highest BCUT2D eigenvalue weighted by atomic mass is 14.7. The molecule has 0 aliphatic heterocycles. The van der Waals surface area contributed by atoms with Gasteiger partial charge in [0.25, 0.3) is 0 Å². The molecule has 3 saturated carbocycles. The molecule has 0 bridgehead atoms. The van der Waals surface area contributed by atoms with Crippen molar-refractivity contribution in [1.29, 1.82) is 0 Å². The number of fused-ring (bicyclic) bond motifs is 1. The van der Waals surface area contributed by atoms with Crippen molar-refractivity contribution in [3.63, 3.8) is 0 Å². The Hall–Kier alpha value is 0. The van der Waals surface area contributed by atoms with Gasteiger partial charge in [0.2, 0.25) is 0 Å². The summed E-state index contributed by atoms with van der Waals surface area (Å²) in [5.41, 5.74) is 0. The smallest absolute Gasteiger partial charge is 0.0323 e. The molecule has 0 saturated heterocycles. The molecule has 3 fully saturated rings. The lowest BCUT2D eigenvalue weighted by molar-refractivity contribution is 0.00449. The molecule has 0 nitrogen and oxygen atoms in total. The molecule has 0 heterocycles. The molecule has 16 heavy (non-hydrogen) atoms. The van der Waals surface area contributed by atoms with E-state index in [0.29, 0.717) is 0 Å². The summed E-state index contributed by atoms with van der Waals surface area (Å²) < 4.78 is 0. The standard InChI is InChI=1S/C16H28/c1-8-6-13(9(8)2)10(3)11(4)14-7-15-12(5)16(14)15/h8-16H,6-7H2,1-5H3/t8-,9?,10-,11+,12-,13+,14+,15?,16-/m0/s1. The maximum absolute atomic E-state index is 2.55. The third kappa shape index (κ3) is 1.34. The van der Waals surface area contributed by atoms with Gasteiger partial charge in [0.15, 0.2) is 0 Å². The third-order valence-corrected chi connectivity index (χ3v) is 7.07. The van der Waals surface area contributed by atoms with Gasteiger partial charge in [-0.3, -0.25) is 0 Å². The predicted molar refractivity (Wildman–Crippen MR) is 69.0 cm³/mol. The maximum atomic E-state index is 2.55. The Morgan fingerprint density at radius 2 is 1.44 bits per heavy atom. The van der Waals surface area contributed by atoms with Crippen LogP contribution in [0.3, 0.4) is 0 Å². The summed E-state index contributed by atoms with van der Waals surface area (Å²) in [5.74, 6) is 9.46. The highest BCUT2D eigenvalue weighted by Gasteiger charge is 2.62. The summed E-state index contributed by atoms with van der Waals surface area (Å²) in [5, 5.41) is 0. The van der Waals surface area contributed by atoms with Gasteiger partial charge in [0.1, 0.15) is 0 Å². The lowest BCUT2D eigenvalue weighted by Gasteiger charge is -2.48. The molecule has 0 aromatic rings. The van der Waals surface area contributed by atoms with Crippen LogP contribution in [0.4, 0.5) is 0 Å². The summed E-state index contributed by atoms with van der Waals surface area (Å²) >= 11 is 0. The Labute approximate surface area is 101 Å². The zero-order valence-corrected chi connectivity index (χ0v) is 11.6. The Morgan fingerprint density at radius 1 is 0.812 bits per heavy atom. The van der Waals surface area contributed by atoms with Gasteiger partial charge in [-0.2, -0.15) is 0 Å². The van der Waals surface area contributed by atoms with E-state index < -0.39 is 0 Å². The van der Waals surface area contributed by atoms with Crippen LogP contribution >= 0.6 is 0 Å². The van der Waals surface area contributed by atoms with Crippen molar-refractivity contribution in [3.8, 4) is 0 Å². The van der Waals surface area contributed by atoms with Gasteiger partial charge in [-0.05, 0) is 66.1 Å². The molecule has 0 spiro atoms. The van der Waals surface area contributed by atoms with E-state index in [-0.39, 0.29) is 0 Å². The molecule has 3 aliphatic rings. The zero-order chi connectivity index (χ0) is 11.6. The minimum Gasteiger partial charge on any atom is -0.0622 e. The van der Waals surface area contributed by atoms with Crippen molar-refractivity contribution in [2.24, 2.45) is 53.3 Å². The normalized spacial score (nSPS) is 57.9. The molecule has 0 N–H and O–H groups in total. The first-order valence-corrected chi connectivity index (χ1v) is 7.52. The lowest BCUT2D eigenvalue weighted by Crippen LogP contribution is -2.41. The second-order valence-electron chi connectivity index (χ2n) is 7.45. The van der Waals surface area contributed by atoms with Gasteiger partial charge in [-0.15, -0.1) is 0 Å². The average Bonchev–Trinajstić information content (AvgIpc) is 2.73. The molecule has 92 valence electrons. The molecular weight excluding hydrogens is 192 g/mol. The molecule has 0 amide bonds. The topological polar surface area (TPSA) is 0 Å². The van der Waals surface area contributed by atoms with Crippen LogP contribution in [0.15, 0.2) is 0 Å². The Morgan fingerprint density at radius 3 is 1.81 bits per heavy atom. The van der Waals surface area contributed by atoms with Crippen LogP contribution in [-0.4, -0.2) is 0 Å². The highest BCUT2D eigenvalue weighted by Crippen LogP contribution is 2.67. The molecule has 2 unspecified atom stereocenters. The van der Waals surface area contributed by atoms with Crippen LogP contribution in [0.1, 0.15) is 47.5 Å². The molecule has 0 aromatic carbocycles. The van der Waals surface area contributed by atoms with Crippen molar-refractivity contribution in [1.82, 2.24) is 0 Å². The van der Waals surface area contributed by atoms with Crippen LogP contribution in [0.5, 0.6) is 0 Å². The van der Waals surface area contributed by atoms with E-state index in [0.717, 1.165) is 53.3 Å². The molecule has 0 aromatic heterocycles. The number of rotatable bonds is 3. The van der Waals surface area contributed by atoms with E-state index in [1.807, 2.05) is 0 Å². The van der Waals surface area contributed by atoms with Crippen LogP contribution in [0.25, 0.3) is 0 Å². The van der Waals surface area contributed by atoms with Gasteiger partial charge in [0.05, 0.1) is 0 Å². The van der Waals surface area contributed by atoms with Crippen molar-refractivity contribution < 1.29 is 0 Å². The zero-order valence-electron chi connectivity index (χ0n) is 11.6. The van der Waals surface area contributed by atoms with E-state index in [4.69, 9.17) is 0 Å². The molecule has 3 rings (SSSR count). The monoisotopic (exact) mass is 220 g/mol. The van der Waals surface area contributed by atoms with Crippen LogP contribution in [-0.2, 0) is 0 Å². The minimum absolute atomic E-state index is 0.977. The SMILES string of the molecule is CC1[C@H]([C@@H](C)[C@@H](C)[C@H]2CC3[C@H]2[C@H]3C)C[C@@H]1C.